The number of para-hydroxylation sites is 1. The average Bonchev–Trinajstić information content (AvgIpc) is 2.95. The average molecular weight is 403 g/mol. The minimum Gasteiger partial charge on any atom is -0.493 e. The van der Waals surface area contributed by atoms with Crippen LogP contribution in [0, 0.1) is 5.92 Å². The molecule has 1 aromatic rings. The van der Waals surface area contributed by atoms with E-state index in [1.165, 1.54) is 0 Å². The van der Waals surface area contributed by atoms with Crippen LogP contribution in [0.25, 0.3) is 6.08 Å². The third kappa shape index (κ3) is 4.95. The summed E-state index contributed by atoms with van der Waals surface area (Å²) < 4.78 is 5.82. The first-order chi connectivity index (χ1) is 13.5. The van der Waals surface area contributed by atoms with Crippen molar-refractivity contribution in [1.29, 1.82) is 0 Å². The zero-order valence-electron chi connectivity index (χ0n) is 16.3. The molecule has 2 fully saturated rings. The number of likely N-dealkylation sites (tertiary alicyclic amines) is 1. The summed E-state index contributed by atoms with van der Waals surface area (Å²) in [5, 5.41) is -0.401. The number of amides is 3. The van der Waals surface area contributed by atoms with Gasteiger partial charge in [-0.2, -0.15) is 0 Å². The molecule has 3 amide bonds. The van der Waals surface area contributed by atoms with Gasteiger partial charge in [-0.05, 0) is 49.1 Å². The van der Waals surface area contributed by atoms with Crippen LogP contribution in [0.5, 0.6) is 5.75 Å². The van der Waals surface area contributed by atoms with Crippen molar-refractivity contribution < 1.29 is 19.1 Å². The maximum Gasteiger partial charge on any atom is 0.294 e. The summed E-state index contributed by atoms with van der Waals surface area (Å²) >= 11 is 0.871. The van der Waals surface area contributed by atoms with Crippen molar-refractivity contribution in [2.24, 2.45) is 5.92 Å². The number of carbonyl (C=O) groups is 3. The van der Waals surface area contributed by atoms with Crippen LogP contribution in [-0.2, 0) is 9.59 Å². The molecule has 0 bridgehead atoms. The molecule has 28 heavy (non-hydrogen) atoms. The minimum absolute atomic E-state index is 0.163. The lowest BCUT2D eigenvalue weighted by atomic mass is 10.1. The second-order valence-electron chi connectivity index (χ2n) is 7.45. The van der Waals surface area contributed by atoms with Crippen molar-refractivity contribution in [3.05, 3.63) is 34.7 Å². The van der Waals surface area contributed by atoms with Gasteiger partial charge in [0.15, 0.2) is 0 Å². The summed E-state index contributed by atoms with van der Waals surface area (Å²) in [6.07, 6.45) is 4.74. The van der Waals surface area contributed by atoms with Crippen LogP contribution in [0.15, 0.2) is 29.2 Å². The van der Waals surface area contributed by atoms with E-state index in [0.29, 0.717) is 36.3 Å². The fraction of sp³-hybridized carbons (Fsp3) is 0.476. The monoisotopic (exact) mass is 402 g/mol. The number of benzene rings is 1. The summed E-state index contributed by atoms with van der Waals surface area (Å²) in [7, 11) is 0. The molecule has 2 aliphatic heterocycles. The Kier molecular flexibility index (Phi) is 6.78. The first-order valence-electron chi connectivity index (χ1n) is 9.70. The number of nitrogens with zero attached hydrogens (tertiary/aromatic N) is 2. The summed E-state index contributed by atoms with van der Waals surface area (Å²) in [4.78, 5) is 40.6. The van der Waals surface area contributed by atoms with Crippen molar-refractivity contribution in [3.63, 3.8) is 0 Å². The maximum atomic E-state index is 12.7. The normalized spacial score (nSPS) is 19.0. The van der Waals surface area contributed by atoms with Crippen LogP contribution in [0.4, 0.5) is 4.79 Å². The number of ether oxygens (including phenoxy) is 1. The van der Waals surface area contributed by atoms with Crippen LogP contribution in [0.1, 0.15) is 38.7 Å². The fourth-order valence-corrected chi connectivity index (χ4v) is 3.97. The highest BCUT2D eigenvalue weighted by Crippen LogP contribution is 2.34. The topological polar surface area (TPSA) is 66.9 Å². The van der Waals surface area contributed by atoms with E-state index >= 15 is 0 Å². The van der Waals surface area contributed by atoms with Gasteiger partial charge < -0.3 is 9.64 Å². The molecule has 0 unspecified atom stereocenters. The van der Waals surface area contributed by atoms with E-state index in [-0.39, 0.29) is 12.5 Å². The van der Waals surface area contributed by atoms with E-state index in [9.17, 15) is 14.4 Å². The van der Waals surface area contributed by atoms with Crippen LogP contribution in [-0.4, -0.2) is 53.1 Å². The molecule has 7 heteroatoms. The van der Waals surface area contributed by atoms with E-state index < -0.39 is 11.1 Å². The van der Waals surface area contributed by atoms with Crippen molar-refractivity contribution in [3.8, 4) is 5.75 Å². The number of piperidine rings is 1. The van der Waals surface area contributed by atoms with Gasteiger partial charge in [0, 0.05) is 18.7 Å². The third-order valence-corrected chi connectivity index (χ3v) is 5.56. The van der Waals surface area contributed by atoms with Crippen LogP contribution < -0.4 is 4.74 Å². The predicted octanol–water partition coefficient (Wildman–Crippen LogP) is 3.77. The Bertz CT molecular complexity index is 784. The Morgan fingerprint density at radius 1 is 1.18 bits per heavy atom. The SMILES string of the molecule is CC(C)COc1ccccc1/C=C1/SC(=O)N(CC(=O)N2CCCCC2)C1=O. The molecule has 0 radical (unpaired) electrons. The zero-order chi connectivity index (χ0) is 20.1. The van der Waals surface area contributed by atoms with Gasteiger partial charge in [-0.15, -0.1) is 0 Å². The van der Waals surface area contributed by atoms with E-state index in [1.807, 2.05) is 24.3 Å². The van der Waals surface area contributed by atoms with Gasteiger partial charge in [0.1, 0.15) is 12.3 Å². The standard InChI is InChI=1S/C21H26N2O4S/c1-15(2)14-27-17-9-5-4-8-16(17)12-18-20(25)23(21(26)28-18)13-19(24)22-10-6-3-7-11-22/h4-5,8-9,12,15H,3,6-7,10-11,13-14H2,1-2H3/b18-12+. The molecular weight excluding hydrogens is 376 g/mol. The van der Waals surface area contributed by atoms with E-state index in [0.717, 1.165) is 41.5 Å². The van der Waals surface area contributed by atoms with Gasteiger partial charge in [-0.25, -0.2) is 0 Å². The second kappa shape index (κ2) is 9.28. The largest absolute Gasteiger partial charge is 0.493 e. The van der Waals surface area contributed by atoms with Gasteiger partial charge in [0.25, 0.3) is 11.1 Å². The Hall–Kier alpha value is -2.28. The molecular formula is C21H26N2O4S. The summed E-state index contributed by atoms with van der Waals surface area (Å²) in [6.45, 7) is 5.90. The van der Waals surface area contributed by atoms with Gasteiger partial charge in [-0.1, -0.05) is 32.0 Å². The first-order valence-corrected chi connectivity index (χ1v) is 10.5. The molecule has 0 aromatic heterocycles. The quantitative estimate of drug-likeness (QED) is 0.678. The molecule has 2 aliphatic rings. The van der Waals surface area contributed by atoms with Crippen molar-refractivity contribution in [2.75, 3.05) is 26.2 Å². The number of thioether (sulfide) groups is 1. The number of hydrogen-bond donors (Lipinski definition) is 0. The van der Waals surface area contributed by atoms with Crippen molar-refractivity contribution in [1.82, 2.24) is 9.80 Å². The Labute approximate surface area is 169 Å². The summed E-state index contributed by atoms with van der Waals surface area (Å²) in [5.74, 6) is 0.469. The molecule has 0 spiro atoms. The van der Waals surface area contributed by atoms with Crippen molar-refractivity contribution >= 4 is 34.9 Å². The van der Waals surface area contributed by atoms with Gasteiger partial charge >= 0.3 is 0 Å². The molecule has 150 valence electrons. The van der Waals surface area contributed by atoms with Gasteiger partial charge in [0.05, 0.1) is 11.5 Å². The van der Waals surface area contributed by atoms with E-state index in [2.05, 4.69) is 13.8 Å². The Morgan fingerprint density at radius 3 is 2.61 bits per heavy atom. The predicted molar refractivity (Wildman–Crippen MR) is 110 cm³/mol. The molecule has 0 N–H and O–H groups in total. The lowest BCUT2D eigenvalue weighted by Gasteiger charge is -2.27. The van der Waals surface area contributed by atoms with Crippen LogP contribution in [0.3, 0.4) is 0 Å². The molecule has 2 saturated heterocycles. The van der Waals surface area contributed by atoms with Crippen LogP contribution in [0.2, 0.25) is 0 Å². The van der Waals surface area contributed by atoms with Gasteiger partial charge in [-0.3, -0.25) is 19.3 Å². The first kappa shape index (κ1) is 20.5. The number of hydrogen-bond acceptors (Lipinski definition) is 5. The maximum absolute atomic E-state index is 12.7. The summed E-state index contributed by atoms with van der Waals surface area (Å²) in [5.41, 5.74) is 0.746. The highest BCUT2D eigenvalue weighted by Gasteiger charge is 2.37. The van der Waals surface area contributed by atoms with E-state index in [1.54, 1.807) is 11.0 Å². The fourth-order valence-electron chi connectivity index (χ4n) is 3.14. The smallest absolute Gasteiger partial charge is 0.294 e. The number of imide groups is 1. The third-order valence-electron chi connectivity index (χ3n) is 4.65. The molecule has 1 aromatic carbocycles. The lowest BCUT2D eigenvalue weighted by Crippen LogP contribution is -2.44. The number of rotatable bonds is 6. The lowest BCUT2D eigenvalue weighted by molar-refractivity contribution is -0.136. The van der Waals surface area contributed by atoms with Gasteiger partial charge in [0.2, 0.25) is 5.91 Å². The second-order valence-corrected chi connectivity index (χ2v) is 8.45. The molecule has 0 saturated carbocycles. The highest BCUT2D eigenvalue weighted by atomic mass is 32.2. The Morgan fingerprint density at radius 2 is 1.89 bits per heavy atom. The zero-order valence-corrected chi connectivity index (χ0v) is 17.2. The summed E-state index contributed by atoms with van der Waals surface area (Å²) in [6, 6.07) is 7.43. The molecule has 0 atom stereocenters. The molecule has 3 rings (SSSR count). The number of carbonyl (C=O) groups excluding carboxylic acids is 3. The minimum atomic E-state index is -0.418. The van der Waals surface area contributed by atoms with Crippen LogP contribution >= 0.6 is 11.8 Å². The van der Waals surface area contributed by atoms with Crippen molar-refractivity contribution in [2.45, 2.75) is 33.1 Å². The van der Waals surface area contributed by atoms with E-state index in [4.69, 9.17) is 4.74 Å². The molecule has 0 aliphatic carbocycles. The molecule has 6 nitrogen and oxygen atoms in total. The highest BCUT2D eigenvalue weighted by molar-refractivity contribution is 8.18. The molecule has 2 heterocycles. The Balaban J connectivity index is 1.72.